The first kappa shape index (κ1) is 20.1. The van der Waals surface area contributed by atoms with Gasteiger partial charge in [0, 0.05) is 18.0 Å². The predicted octanol–water partition coefficient (Wildman–Crippen LogP) is 4.51. The predicted molar refractivity (Wildman–Crippen MR) is 109 cm³/mol. The van der Waals surface area contributed by atoms with E-state index in [4.69, 9.17) is 5.10 Å². The van der Waals surface area contributed by atoms with Crippen molar-refractivity contribution >= 4 is 10.0 Å². The lowest BCUT2D eigenvalue weighted by molar-refractivity contribution is 0.261. The fraction of sp³-hybridized carbons (Fsp3) is 0.571. The standard InChI is InChI=1S/C21H31N3O2S/c1-5-24(18-14-10-7-11-15-18)27(25,26)19-16-23(17-12-8-6-9-13-17)22-20(19)21(2,3)4/h6,8-9,12-13,16,18H,5,7,10-11,14-15H2,1-4H3. The van der Waals surface area contributed by atoms with Crippen molar-refractivity contribution < 1.29 is 8.42 Å². The number of hydrogen-bond acceptors (Lipinski definition) is 3. The Balaban J connectivity index is 2.09. The molecular formula is C21H31N3O2S. The number of rotatable bonds is 5. The van der Waals surface area contributed by atoms with Crippen LogP contribution in [0.25, 0.3) is 5.69 Å². The van der Waals surface area contributed by atoms with Crippen LogP contribution >= 0.6 is 0 Å². The molecule has 0 unspecified atom stereocenters. The molecule has 148 valence electrons. The van der Waals surface area contributed by atoms with Gasteiger partial charge in [-0.3, -0.25) is 0 Å². The minimum Gasteiger partial charge on any atom is -0.239 e. The summed E-state index contributed by atoms with van der Waals surface area (Å²) in [5.74, 6) is 0. The Morgan fingerprint density at radius 3 is 2.30 bits per heavy atom. The third kappa shape index (κ3) is 4.11. The molecule has 1 saturated carbocycles. The SMILES string of the molecule is CCN(C1CCCCC1)S(=O)(=O)c1cn(-c2ccccc2)nc1C(C)(C)C. The molecule has 0 aliphatic heterocycles. The summed E-state index contributed by atoms with van der Waals surface area (Å²) in [6.45, 7) is 8.47. The molecule has 1 aromatic heterocycles. The van der Waals surface area contributed by atoms with Crippen molar-refractivity contribution in [3.63, 3.8) is 0 Å². The van der Waals surface area contributed by atoms with E-state index in [1.165, 1.54) is 6.42 Å². The number of hydrogen-bond donors (Lipinski definition) is 0. The van der Waals surface area contributed by atoms with E-state index in [1.54, 1.807) is 15.2 Å². The summed E-state index contributed by atoms with van der Waals surface area (Å²) < 4.78 is 30.7. The van der Waals surface area contributed by atoms with E-state index < -0.39 is 10.0 Å². The van der Waals surface area contributed by atoms with Crippen molar-refractivity contribution in [1.82, 2.24) is 14.1 Å². The monoisotopic (exact) mass is 389 g/mol. The molecule has 1 heterocycles. The van der Waals surface area contributed by atoms with Crippen LogP contribution in [0.5, 0.6) is 0 Å². The summed E-state index contributed by atoms with van der Waals surface area (Å²) >= 11 is 0. The van der Waals surface area contributed by atoms with Crippen molar-refractivity contribution in [2.24, 2.45) is 0 Å². The lowest BCUT2D eigenvalue weighted by Gasteiger charge is -2.33. The first-order valence-corrected chi connectivity index (χ1v) is 11.4. The highest BCUT2D eigenvalue weighted by molar-refractivity contribution is 7.89. The summed E-state index contributed by atoms with van der Waals surface area (Å²) in [4.78, 5) is 0.339. The van der Waals surface area contributed by atoms with E-state index in [1.807, 2.05) is 58.0 Å². The van der Waals surface area contributed by atoms with Gasteiger partial charge in [0.05, 0.1) is 17.6 Å². The fourth-order valence-electron chi connectivity index (χ4n) is 3.90. The molecule has 1 aliphatic rings. The Morgan fingerprint density at radius 2 is 1.74 bits per heavy atom. The molecule has 1 aliphatic carbocycles. The highest BCUT2D eigenvalue weighted by Gasteiger charge is 2.37. The number of para-hydroxylation sites is 1. The summed E-state index contributed by atoms with van der Waals surface area (Å²) in [6, 6.07) is 9.78. The van der Waals surface area contributed by atoms with Crippen LogP contribution in [0, 0.1) is 0 Å². The minimum absolute atomic E-state index is 0.0987. The van der Waals surface area contributed by atoms with Gasteiger partial charge in [-0.15, -0.1) is 0 Å². The smallest absolute Gasteiger partial charge is 0.239 e. The van der Waals surface area contributed by atoms with E-state index in [9.17, 15) is 8.42 Å². The third-order valence-electron chi connectivity index (χ3n) is 5.29. The van der Waals surface area contributed by atoms with Gasteiger partial charge >= 0.3 is 0 Å². The van der Waals surface area contributed by atoms with Crippen LogP contribution in [0.1, 0.15) is 65.5 Å². The van der Waals surface area contributed by atoms with Crippen LogP contribution in [0.4, 0.5) is 0 Å². The van der Waals surface area contributed by atoms with E-state index in [2.05, 4.69) is 0 Å². The number of sulfonamides is 1. The average Bonchev–Trinajstić information content (AvgIpc) is 3.11. The van der Waals surface area contributed by atoms with Crippen LogP contribution in [-0.2, 0) is 15.4 Å². The quantitative estimate of drug-likeness (QED) is 0.756. The van der Waals surface area contributed by atoms with Crippen molar-refractivity contribution in [2.45, 2.75) is 76.2 Å². The van der Waals surface area contributed by atoms with Crippen LogP contribution in [0.2, 0.25) is 0 Å². The topological polar surface area (TPSA) is 55.2 Å². The molecule has 6 heteroatoms. The Kier molecular flexibility index (Phi) is 5.77. The molecule has 0 saturated heterocycles. The molecule has 0 atom stereocenters. The van der Waals surface area contributed by atoms with Gasteiger partial charge in [0.15, 0.2) is 0 Å². The summed E-state index contributed by atoms with van der Waals surface area (Å²) in [6.07, 6.45) is 7.00. The van der Waals surface area contributed by atoms with Gasteiger partial charge < -0.3 is 0 Å². The molecular weight excluding hydrogens is 358 g/mol. The second kappa shape index (κ2) is 7.76. The first-order chi connectivity index (χ1) is 12.7. The van der Waals surface area contributed by atoms with E-state index in [0.717, 1.165) is 31.4 Å². The molecule has 0 bridgehead atoms. The van der Waals surface area contributed by atoms with Crippen LogP contribution in [0.3, 0.4) is 0 Å². The molecule has 0 spiro atoms. The van der Waals surface area contributed by atoms with Gasteiger partial charge in [0.2, 0.25) is 10.0 Å². The van der Waals surface area contributed by atoms with E-state index >= 15 is 0 Å². The van der Waals surface area contributed by atoms with Gasteiger partial charge in [-0.1, -0.05) is 65.2 Å². The Hall–Kier alpha value is -1.66. The lowest BCUT2D eigenvalue weighted by atomic mass is 9.92. The van der Waals surface area contributed by atoms with Crippen LogP contribution in [0.15, 0.2) is 41.4 Å². The Bertz CT molecular complexity index is 861. The number of nitrogens with zero attached hydrogens (tertiary/aromatic N) is 3. The van der Waals surface area contributed by atoms with Crippen molar-refractivity contribution in [3.05, 3.63) is 42.2 Å². The molecule has 0 radical (unpaired) electrons. The number of benzene rings is 1. The summed E-state index contributed by atoms with van der Waals surface area (Å²) in [7, 11) is -3.60. The molecule has 0 N–H and O–H groups in total. The normalized spacial score (nSPS) is 16.8. The average molecular weight is 390 g/mol. The largest absolute Gasteiger partial charge is 0.246 e. The maximum Gasteiger partial charge on any atom is 0.246 e. The third-order valence-corrected chi connectivity index (χ3v) is 7.32. The lowest BCUT2D eigenvalue weighted by Crippen LogP contribution is -2.41. The van der Waals surface area contributed by atoms with Crippen molar-refractivity contribution in [1.29, 1.82) is 0 Å². The van der Waals surface area contributed by atoms with Crippen molar-refractivity contribution in [2.75, 3.05) is 6.54 Å². The summed E-state index contributed by atoms with van der Waals surface area (Å²) in [5, 5.41) is 4.69. The van der Waals surface area contributed by atoms with Gasteiger partial charge in [-0.05, 0) is 25.0 Å². The summed E-state index contributed by atoms with van der Waals surface area (Å²) in [5.41, 5.74) is 1.12. The zero-order chi connectivity index (χ0) is 19.7. The van der Waals surface area contributed by atoms with Crippen LogP contribution in [-0.4, -0.2) is 35.1 Å². The van der Waals surface area contributed by atoms with Gasteiger partial charge in [-0.25, -0.2) is 13.1 Å². The number of aromatic nitrogens is 2. The molecule has 2 aromatic rings. The van der Waals surface area contributed by atoms with Crippen molar-refractivity contribution in [3.8, 4) is 5.69 Å². The Labute approximate surface area is 163 Å². The molecule has 3 rings (SSSR count). The van der Waals surface area contributed by atoms with E-state index in [-0.39, 0.29) is 11.5 Å². The molecule has 1 fully saturated rings. The zero-order valence-corrected chi connectivity index (χ0v) is 17.7. The van der Waals surface area contributed by atoms with E-state index in [0.29, 0.717) is 17.1 Å². The van der Waals surface area contributed by atoms with Crippen LogP contribution < -0.4 is 0 Å². The molecule has 27 heavy (non-hydrogen) atoms. The highest BCUT2D eigenvalue weighted by Crippen LogP contribution is 2.33. The van der Waals surface area contributed by atoms with Gasteiger partial charge in [0.25, 0.3) is 0 Å². The fourth-order valence-corrected chi connectivity index (χ4v) is 5.92. The first-order valence-electron chi connectivity index (χ1n) is 9.92. The molecule has 5 nitrogen and oxygen atoms in total. The maximum atomic E-state index is 13.6. The Morgan fingerprint density at radius 1 is 1.11 bits per heavy atom. The highest BCUT2D eigenvalue weighted by atomic mass is 32.2. The zero-order valence-electron chi connectivity index (χ0n) is 16.9. The molecule has 0 amide bonds. The van der Waals surface area contributed by atoms with Gasteiger partial charge in [0.1, 0.15) is 4.90 Å². The maximum absolute atomic E-state index is 13.6. The second-order valence-electron chi connectivity index (χ2n) is 8.37. The van der Waals surface area contributed by atoms with Gasteiger partial charge in [-0.2, -0.15) is 9.40 Å². The minimum atomic E-state index is -3.60. The molecule has 1 aromatic carbocycles. The second-order valence-corrected chi connectivity index (χ2v) is 10.2.